The maximum absolute atomic E-state index is 5.73. The molecule has 84 valence electrons. The molecular weight excluding hydrogens is 190 g/mol. The molecule has 1 aromatic rings. The number of hydrogen-bond acceptors (Lipinski definition) is 3. The molecule has 0 amide bonds. The Bertz CT molecular complexity index is 303. The molecule has 2 heterocycles. The molecule has 0 aliphatic carbocycles. The summed E-state index contributed by atoms with van der Waals surface area (Å²) in [7, 11) is 0. The van der Waals surface area contributed by atoms with Crippen LogP contribution in [0.3, 0.4) is 0 Å². The Morgan fingerprint density at radius 2 is 2.33 bits per heavy atom. The molecule has 1 aliphatic rings. The van der Waals surface area contributed by atoms with E-state index in [4.69, 9.17) is 10.5 Å². The van der Waals surface area contributed by atoms with Gasteiger partial charge in [-0.2, -0.15) is 0 Å². The van der Waals surface area contributed by atoms with Gasteiger partial charge in [-0.3, -0.25) is 0 Å². The average molecular weight is 209 g/mol. The van der Waals surface area contributed by atoms with Crippen LogP contribution in [0.5, 0.6) is 0 Å². The number of nitrogens with two attached hydrogens (primary N) is 1. The SMILES string of the molecule is CC(N)Cc1ncc(C2CCOCC2)[nH]1. The first-order valence-electron chi connectivity index (χ1n) is 5.63. The summed E-state index contributed by atoms with van der Waals surface area (Å²) < 4.78 is 5.34. The fourth-order valence-electron chi connectivity index (χ4n) is 2.00. The van der Waals surface area contributed by atoms with E-state index in [0.29, 0.717) is 5.92 Å². The second-order valence-electron chi connectivity index (χ2n) is 4.35. The van der Waals surface area contributed by atoms with Crippen LogP contribution in [0.4, 0.5) is 0 Å². The Hall–Kier alpha value is -0.870. The van der Waals surface area contributed by atoms with Crippen LogP contribution in [0.15, 0.2) is 6.20 Å². The highest BCUT2D eigenvalue weighted by atomic mass is 16.5. The fourth-order valence-corrected chi connectivity index (χ4v) is 2.00. The lowest BCUT2D eigenvalue weighted by atomic mass is 9.97. The highest BCUT2D eigenvalue weighted by Gasteiger charge is 2.17. The molecule has 1 atom stereocenters. The van der Waals surface area contributed by atoms with Crippen LogP contribution >= 0.6 is 0 Å². The number of rotatable bonds is 3. The predicted octanol–water partition coefficient (Wildman–Crippen LogP) is 1.19. The maximum atomic E-state index is 5.73. The summed E-state index contributed by atoms with van der Waals surface area (Å²) in [6.07, 6.45) is 4.97. The van der Waals surface area contributed by atoms with E-state index >= 15 is 0 Å². The molecule has 3 N–H and O–H groups in total. The van der Waals surface area contributed by atoms with E-state index in [0.717, 1.165) is 38.3 Å². The van der Waals surface area contributed by atoms with Crippen molar-refractivity contribution in [3.8, 4) is 0 Å². The van der Waals surface area contributed by atoms with Crippen molar-refractivity contribution in [2.24, 2.45) is 5.73 Å². The number of imidazole rings is 1. The summed E-state index contributed by atoms with van der Waals surface area (Å²) in [4.78, 5) is 7.72. The minimum atomic E-state index is 0.165. The molecule has 0 spiro atoms. The number of nitrogens with zero attached hydrogens (tertiary/aromatic N) is 1. The summed E-state index contributed by atoms with van der Waals surface area (Å²) in [6, 6.07) is 0.165. The molecule has 0 saturated carbocycles. The number of aromatic nitrogens is 2. The summed E-state index contributed by atoms with van der Waals surface area (Å²) >= 11 is 0. The van der Waals surface area contributed by atoms with Gasteiger partial charge < -0.3 is 15.5 Å². The van der Waals surface area contributed by atoms with E-state index in [-0.39, 0.29) is 6.04 Å². The van der Waals surface area contributed by atoms with Gasteiger partial charge in [0.15, 0.2) is 0 Å². The van der Waals surface area contributed by atoms with Crippen molar-refractivity contribution in [2.75, 3.05) is 13.2 Å². The molecule has 15 heavy (non-hydrogen) atoms. The highest BCUT2D eigenvalue weighted by Crippen LogP contribution is 2.25. The fraction of sp³-hybridized carbons (Fsp3) is 0.727. The first-order chi connectivity index (χ1) is 7.25. The Morgan fingerprint density at radius 3 is 3.00 bits per heavy atom. The third kappa shape index (κ3) is 2.79. The van der Waals surface area contributed by atoms with Crippen LogP contribution in [0.25, 0.3) is 0 Å². The molecule has 1 fully saturated rings. The van der Waals surface area contributed by atoms with E-state index in [1.807, 2.05) is 13.1 Å². The van der Waals surface area contributed by atoms with Crippen molar-refractivity contribution in [2.45, 2.75) is 38.1 Å². The van der Waals surface area contributed by atoms with Crippen molar-refractivity contribution < 1.29 is 4.74 Å². The van der Waals surface area contributed by atoms with Gasteiger partial charge in [-0.1, -0.05) is 0 Å². The molecular formula is C11H19N3O. The molecule has 1 unspecified atom stereocenters. The molecule has 4 heteroatoms. The zero-order chi connectivity index (χ0) is 10.7. The lowest BCUT2D eigenvalue weighted by Gasteiger charge is -2.20. The number of ether oxygens (including phenoxy) is 1. The van der Waals surface area contributed by atoms with E-state index in [2.05, 4.69) is 9.97 Å². The second-order valence-corrected chi connectivity index (χ2v) is 4.35. The van der Waals surface area contributed by atoms with Crippen LogP contribution in [0.2, 0.25) is 0 Å². The number of hydrogen-bond donors (Lipinski definition) is 2. The Kier molecular flexibility index (Phi) is 3.38. The average Bonchev–Trinajstić information content (AvgIpc) is 2.67. The van der Waals surface area contributed by atoms with Gasteiger partial charge in [-0.25, -0.2) is 4.98 Å². The van der Waals surface area contributed by atoms with Crippen LogP contribution in [-0.2, 0) is 11.2 Å². The van der Waals surface area contributed by atoms with Gasteiger partial charge in [0.25, 0.3) is 0 Å². The predicted molar refractivity (Wildman–Crippen MR) is 58.7 cm³/mol. The summed E-state index contributed by atoms with van der Waals surface area (Å²) in [6.45, 7) is 3.73. The van der Waals surface area contributed by atoms with Gasteiger partial charge in [0.2, 0.25) is 0 Å². The van der Waals surface area contributed by atoms with Crippen molar-refractivity contribution in [3.05, 3.63) is 17.7 Å². The lowest BCUT2D eigenvalue weighted by molar-refractivity contribution is 0.0845. The minimum Gasteiger partial charge on any atom is -0.381 e. The van der Waals surface area contributed by atoms with E-state index in [1.165, 1.54) is 5.69 Å². The largest absolute Gasteiger partial charge is 0.381 e. The van der Waals surface area contributed by atoms with E-state index < -0.39 is 0 Å². The molecule has 2 rings (SSSR count). The third-order valence-corrected chi connectivity index (χ3v) is 2.82. The van der Waals surface area contributed by atoms with Gasteiger partial charge in [0.1, 0.15) is 5.82 Å². The molecule has 0 radical (unpaired) electrons. The molecule has 4 nitrogen and oxygen atoms in total. The highest BCUT2D eigenvalue weighted by molar-refractivity contribution is 5.08. The number of aromatic amines is 1. The van der Waals surface area contributed by atoms with Gasteiger partial charge in [-0.05, 0) is 19.8 Å². The van der Waals surface area contributed by atoms with Crippen LogP contribution in [-0.4, -0.2) is 29.2 Å². The molecule has 0 aromatic carbocycles. The zero-order valence-corrected chi connectivity index (χ0v) is 9.20. The Morgan fingerprint density at radius 1 is 1.60 bits per heavy atom. The van der Waals surface area contributed by atoms with Crippen molar-refractivity contribution in [1.29, 1.82) is 0 Å². The van der Waals surface area contributed by atoms with Gasteiger partial charge in [-0.15, -0.1) is 0 Å². The van der Waals surface area contributed by atoms with Crippen molar-refractivity contribution >= 4 is 0 Å². The molecule has 1 saturated heterocycles. The molecule has 0 bridgehead atoms. The minimum absolute atomic E-state index is 0.165. The third-order valence-electron chi connectivity index (χ3n) is 2.82. The lowest BCUT2D eigenvalue weighted by Crippen LogP contribution is -2.18. The Balaban J connectivity index is 1.99. The number of H-pyrrole nitrogens is 1. The van der Waals surface area contributed by atoms with Gasteiger partial charge >= 0.3 is 0 Å². The smallest absolute Gasteiger partial charge is 0.107 e. The maximum Gasteiger partial charge on any atom is 0.107 e. The van der Waals surface area contributed by atoms with Crippen LogP contribution < -0.4 is 5.73 Å². The van der Waals surface area contributed by atoms with Crippen LogP contribution in [0, 0.1) is 0 Å². The van der Waals surface area contributed by atoms with Crippen molar-refractivity contribution in [3.63, 3.8) is 0 Å². The topological polar surface area (TPSA) is 63.9 Å². The summed E-state index contributed by atoms with van der Waals surface area (Å²) in [5, 5.41) is 0. The molecule has 1 aliphatic heterocycles. The van der Waals surface area contributed by atoms with Crippen LogP contribution in [0.1, 0.15) is 37.2 Å². The van der Waals surface area contributed by atoms with Gasteiger partial charge in [0.05, 0.1) is 0 Å². The zero-order valence-electron chi connectivity index (χ0n) is 9.20. The molecule has 1 aromatic heterocycles. The van der Waals surface area contributed by atoms with E-state index in [9.17, 15) is 0 Å². The van der Waals surface area contributed by atoms with Crippen molar-refractivity contribution in [1.82, 2.24) is 9.97 Å². The normalized spacial score (nSPS) is 20.4. The first-order valence-corrected chi connectivity index (χ1v) is 5.63. The monoisotopic (exact) mass is 209 g/mol. The first kappa shape index (κ1) is 10.6. The summed E-state index contributed by atoms with van der Waals surface area (Å²) in [5.74, 6) is 1.60. The quantitative estimate of drug-likeness (QED) is 0.786. The van der Waals surface area contributed by atoms with Gasteiger partial charge in [0, 0.05) is 43.5 Å². The standard InChI is InChI=1S/C11H19N3O/c1-8(12)6-11-13-7-10(14-11)9-2-4-15-5-3-9/h7-9H,2-6,12H2,1H3,(H,13,14). The number of nitrogens with one attached hydrogen (secondary N) is 1. The Labute approximate surface area is 90.2 Å². The second kappa shape index (κ2) is 4.77. The summed E-state index contributed by atoms with van der Waals surface area (Å²) in [5.41, 5.74) is 6.98. The van der Waals surface area contributed by atoms with E-state index in [1.54, 1.807) is 0 Å².